The quantitative estimate of drug-likeness (QED) is 0.536. The number of aryl methyl sites for hydroxylation is 4. The standard InChI is InChI=1S/C16H17N/c1-10-6-5-7-13-14(10)15-11(2)8-9-12(3)16(15)17(13)4/h5-9H,1-4H3. The molecule has 0 fully saturated rings. The molecule has 1 heteroatoms. The summed E-state index contributed by atoms with van der Waals surface area (Å²) in [5, 5.41) is 2.83. The molecule has 17 heavy (non-hydrogen) atoms. The Labute approximate surface area is 102 Å². The highest BCUT2D eigenvalue weighted by atomic mass is 14.9. The van der Waals surface area contributed by atoms with Crippen molar-refractivity contribution in [3.05, 3.63) is 47.0 Å². The lowest BCUT2D eigenvalue weighted by Gasteiger charge is -2.03. The lowest BCUT2D eigenvalue weighted by Crippen LogP contribution is -1.89. The van der Waals surface area contributed by atoms with E-state index in [9.17, 15) is 0 Å². The van der Waals surface area contributed by atoms with Crippen molar-refractivity contribution >= 4 is 21.8 Å². The van der Waals surface area contributed by atoms with E-state index in [0.29, 0.717) is 0 Å². The molecule has 0 aliphatic rings. The van der Waals surface area contributed by atoms with Crippen molar-refractivity contribution in [1.82, 2.24) is 4.57 Å². The van der Waals surface area contributed by atoms with Gasteiger partial charge in [0, 0.05) is 23.3 Å². The molecule has 86 valence electrons. The van der Waals surface area contributed by atoms with E-state index in [-0.39, 0.29) is 0 Å². The highest BCUT2D eigenvalue weighted by molar-refractivity contribution is 6.12. The largest absolute Gasteiger partial charge is 0.343 e. The molecule has 0 saturated heterocycles. The molecule has 1 aromatic heterocycles. The summed E-state index contributed by atoms with van der Waals surface area (Å²) in [6.45, 7) is 6.59. The molecule has 3 aromatic rings. The van der Waals surface area contributed by atoms with Gasteiger partial charge in [0.15, 0.2) is 0 Å². The second-order valence-corrected chi connectivity index (χ2v) is 4.95. The van der Waals surface area contributed by atoms with E-state index in [0.717, 1.165) is 0 Å². The Balaban J connectivity index is 2.75. The van der Waals surface area contributed by atoms with Crippen molar-refractivity contribution in [2.75, 3.05) is 0 Å². The third-order valence-electron chi connectivity index (χ3n) is 3.79. The minimum Gasteiger partial charge on any atom is -0.343 e. The minimum absolute atomic E-state index is 1.33. The summed E-state index contributed by atoms with van der Waals surface area (Å²) in [6, 6.07) is 11.0. The summed E-state index contributed by atoms with van der Waals surface area (Å²) in [5.74, 6) is 0. The lowest BCUT2D eigenvalue weighted by molar-refractivity contribution is 1.01. The summed E-state index contributed by atoms with van der Waals surface area (Å²) in [7, 11) is 2.16. The van der Waals surface area contributed by atoms with E-state index in [2.05, 4.69) is 62.7 Å². The highest BCUT2D eigenvalue weighted by Crippen LogP contribution is 2.34. The van der Waals surface area contributed by atoms with Gasteiger partial charge in [0.2, 0.25) is 0 Å². The summed E-state index contributed by atoms with van der Waals surface area (Å²) in [5.41, 5.74) is 6.78. The van der Waals surface area contributed by atoms with Crippen LogP contribution < -0.4 is 0 Å². The average molecular weight is 223 g/mol. The molecule has 0 N–H and O–H groups in total. The van der Waals surface area contributed by atoms with Crippen LogP contribution in [-0.2, 0) is 7.05 Å². The molecule has 0 amide bonds. The maximum Gasteiger partial charge on any atom is 0.0521 e. The van der Waals surface area contributed by atoms with Gasteiger partial charge < -0.3 is 4.57 Å². The Hall–Kier alpha value is -1.76. The second kappa shape index (κ2) is 3.36. The van der Waals surface area contributed by atoms with E-state index in [1.807, 2.05) is 0 Å². The normalized spacial score (nSPS) is 11.5. The van der Waals surface area contributed by atoms with Gasteiger partial charge in [-0.25, -0.2) is 0 Å². The molecule has 0 aliphatic heterocycles. The molecular formula is C16H17N. The molecule has 0 bridgehead atoms. The van der Waals surface area contributed by atoms with Gasteiger partial charge in [-0.05, 0) is 43.5 Å². The van der Waals surface area contributed by atoms with Gasteiger partial charge in [0.25, 0.3) is 0 Å². The van der Waals surface area contributed by atoms with Crippen LogP contribution in [0.25, 0.3) is 21.8 Å². The van der Waals surface area contributed by atoms with Crippen molar-refractivity contribution in [3.8, 4) is 0 Å². The third kappa shape index (κ3) is 1.25. The summed E-state index contributed by atoms with van der Waals surface area (Å²) >= 11 is 0. The third-order valence-corrected chi connectivity index (χ3v) is 3.79. The van der Waals surface area contributed by atoms with Crippen LogP contribution in [0, 0.1) is 20.8 Å². The Morgan fingerprint density at radius 2 is 1.41 bits per heavy atom. The van der Waals surface area contributed by atoms with Crippen LogP contribution in [0.5, 0.6) is 0 Å². The zero-order chi connectivity index (χ0) is 12.2. The van der Waals surface area contributed by atoms with Gasteiger partial charge in [-0.3, -0.25) is 0 Å². The number of nitrogens with zero attached hydrogens (tertiary/aromatic N) is 1. The zero-order valence-electron chi connectivity index (χ0n) is 10.8. The molecule has 0 aliphatic carbocycles. The molecule has 0 radical (unpaired) electrons. The lowest BCUT2D eigenvalue weighted by atomic mass is 10.0. The van der Waals surface area contributed by atoms with E-state index in [4.69, 9.17) is 0 Å². The molecule has 3 rings (SSSR count). The van der Waals surface area contributed by atoms with Gasteiger partial charge in [-0.15, -0.1) is 0 Å². The van der Waals surface area contributed by atoms with Gasteiger partial charge in [0.05, 0.1) is 5.52 Å². The van der Waals surface area contributed by atoms with Gasteiger partial charge >= 0.3 is 0 Å². The van der Waals surface area contributed by atoms with Crippen LogP contribution in [0.1, 0.15) is 16.7 Å². The fourth-order valence-electron chi connectivity index (χ4n) is 2.92. The zero-order valence-corrected chi connectivity index (χ0v) is 10.8. The van der Waals surface area contributed by atoms with Crippen LogP contribution >= 0.6 is 0 Å². The first-order chi connectivity index (χ1) is 8.11. The van der Waals surface area contributed by atoms with Crippen LogP contribution in [0.2, 0.25) is 0 Å². The Morgan fingerprint density at radius 1 is 0.765 bits per heavy atom. The SMILES string of the molecule is Cc1cccc2c1c1c(C)ccc(C)c1n2C. The average Bonchev–Trinajstić information content (AvgIpc) is 2.61. The number of fused-ring (bicyclic) bond motifs is 3. The molecule has 0 atom stereocenters. The molecule has 2 aromatic carbocycles. The van der Waals surface area contributed by atoms with Gasteiger partial charge in [0.1, 0.15) is 0 Å². The van der Waals surface area contributed by atoms with Crippen LogP contribution in [0.3, 0.4) is 0 Å². The molecular weight excluding hydrogens is 206 g/mol. The predicted octanol–water partition coefficient (Wildman–Crippen LogP) is 4.26. The van der Waals surface area contributed by atoms with Crippen molar-refractivity contribution in [2.24, 2.45) is 7.05 Å². The Kier molecular flexibility index (Phi) is 2.06. The van der Waals surface area contributed by atoms with Crippen molar-refractivity contribution in [3.63, 3.8) is 0 Å². The first kappa shape index (κ1) is 10.4. The number of rotatable bonds is 0. The van der Waals surface area contributed by atoms with E-state index < -0.39 is 0 Å². The maximum atomic E-state index is 2.32. The first-order valence-electron chi connectivity index (χ1n) is 6.05. The minimum atomic E-state index is 1.33. The number of aromatic nitrogens is 1. The Morgan fingerprint density at radius 3 is 2.18 bits per heavy atom. The summed E-state index contributed by atoms with van der Waals surface area (Å²) in [4.78, 5) is 0. The van der Waals surface area contributed by atoms with E-state index in [1.165, 1.54) is 38.5 Å². The van der Waals surface area contributed by atoms with Crippen LogP contribution in [0.15, 0.2) is 30.3 Å². The molecule has 1 heterocycles. The summed E-state index contributed by atoms with van der Waals surface area (Å²) < 4.78 is 2.32. The molecule has 0 unspecified atom stereocenters. The topological polar surface area (TPSA) is 4.93 Å². The highest BCUT2D eigenvalue weighted by Gasteiger charge is 2.13. The number of benzene rings is 2. The number of hydrogen-bond donors (Lipinski definition) is 0. The van der Waals surface area contributed by atoms with E-state index in [1.54, 1.807) is 0 Å². The molecule has 1 nitrogen and oxygen atoms in total. The molecule has 0 saturated carbocycles. The van der Waals surface area contributed by atoms with E-state index >= 15 is 0 Å². The van der Waals surface area contributed by atoms with Crippen LogP contribution in [0.4, 0.5) is 0 Å². The molecule has 0 spiro atoms. The maximum absolute atomic E-state index is 2.32. The van der Waals surface area contributed by atoms with Gasteiger partial charge in [-0.2, -0.15) is 0 Å². The van der Waals surface area contributed by atoms with Crippen molar-refractivity contribution < 1.29 is 0 Å². The monoisotopic (exact) mass is 223 g/mol. The smallest absolute Gasteiger partial charge is 0.0521 e. The fourth-order valence-corrected chi connectivity index (χ4v) is 2.92. The Bertz CT molecular complexity index is 732. The fraction of sp³-hybridized carbons (Fsp3) is 0.250. The van der Waals surface area contributed by atoms with Crippen molar-refractivity contribution in [1.29, 1.82) is 0 Å². The van der Waals surface area contributed by atoms with Crippen LogP contribution in [-0.4, -0.2) is 4.57 Å². The number of hydrogen-bond acceptors (Lipinski definition) is 0. The van der Waals surface area contributed by atoms with Crippen molar-refractivity contribution in [2.45, 2.75) is 20.8 Å². The second-order valence-electron chi connectivity index (χ2n) is 4.95. The summed E-state index contributed by atoms with van der Waals surface area (Å²) in [6.07, 6.45) is 0. The first-order valence-corrected chi connectivity index (χ1v) is 6.05. The van der Waals surface area contributed by atoms with Gasteiger partial charge in [-0.1, -0.05) is 24.3 Å². The predicted molar refractivity (Wildman–Crippen MR) is 74.6 cm³/mol.